The maximum atomic E-state index is 12.1. The molecule has 0 bridgehead atoms. The molecule has 1 fully saturated rings. The predicted molar refractivity (Wildman–Crippen MR) is 71.4 cm³/mol. The van der Waals surface area contributed by atoms with Gasteiger partial charge in [-0.15, -0.1) is 0 Å². The van der Waals surface area contributed by atoms with Gasteiger partial charge in [-0.05, 0) is 12.1 Å². The molecule has 2 aliphatic heterocycles. The summed E-state index contributed by atoms with van der Waals surface area (Å²) < 4.78 is 27.5. The molecule has 2 aliphatic rings. The highest BCUT2D eigenvalue weighted by molar-refractivity contribution is 7.93. The number of hydrogen-bond donors (Lipinski definition) is 0. The number of hydrogen-bond acceptors (Lipinski definition) is 7. The summed E-state index contributed by atoms with van der Waals surface area (Å²) >= 11 is 0. The molecule has 9 heteroatoms. The van der Waals surface area contributed by atoms with Crippen LogP contribution in [0.25, 0.3) is 0 Å². The first-order valence-electron chi connectivity index (χ1n) is 6.25. The lowest BCUT2D eigenvalue weighted by molar-refractivity contribution is -0.190. The standard InChI is InChI=1S/C13H11NO7S/c1-20-13(6-22(18,19)7-13)12(17)21-14-10(15)8-4-2-3-5-9(8)11(14)16/h2-5H,6-7H2,1H3. The molecule has 0 atom stereocenters. The number of nitrogens with zero attached hydrogens (tertiary/aromatic N) is 1. The summed E-state index contributed by atoms with van der Waals surface area (Å²) in [5.41, 5.74) is -1.44. The van der Waals surface area contributed by atoms with Crippen molar-refractivity contribution in [3.05, 3.63) is 35.4 Å². The molecule has 0 radical (unpaired) electrons. The van der Waals surface area contributed by atoms with Gasteiger partial charge in [0.15, 0.2) is 15.4 Å². The molecule has 22 heavy (non-hydrogen) atoms. The Balaban J connectivity index is 1.82. The minimum atomic E-state index is -3.37. The maximum Gasteiger partial charge on any atom is 0.366 e. The summed E-state index contributed by atoms with van der Waals surface area (Å²) in [6.45, 7) is 0. The van der Waals surface area contributed by atoms with Crippen LogP contribution in [0.4, 0.5) is 0 Å². The van der Waals surface area contributed by atoms with Gasteiger partial charge in [-0.2, -0.15) is 0 Å². The fraction of sp³-hybridized carbons (Fsp3) is 0.308. The number of benzene rings is 1. The molecule has 0 aliphatic carbocycles. The molecule has 2 amide bonds. The highest BCUT2D eigenvalue weighted by atomic mass is 32.2. The predicted octanol–water partition coefficient (Wildman–Crippen LogP) is -0.446. The van der Waals surface area contributed by atoms with Gasteiger partial charge in [0.25, 0.3) is 11.8 Å². The van der Waals surface area contributed by atoms with Crippen LogP contribution in [0, 0.1) is 0 Å². The number of imide groups is 1. The lowest BCUT2D eigenvalue weighted by atomic mass is 10.1. The van der Waals surface area contributed by atoms with Gasteiger partial charge in [-0.1, -0.05) is 17.2 Å². The molecule has 3 rings (SSSR count). The number of methoxy groups -OCH3 is 1. The van der Waals surface area contributed by atoms with Crippen molar-refractivity contribution >= 4 is 27.6 Å². The van der Waals surface area contributed by atoms with E-state index in [1.54, 1.807) is 12.1 Å². The Morgan fingerprint density at radius 1 is 1.14 bits per heavy atom. The van der Waals surface area contributed by atoms with Crippen LogP contribution >= 0.6 is 0 Å². The molecular weight excluding hydrogens is 314 g/mol. The van der Waals surface area contributed by atoms with Gasteiger partial charge in [-0.25, -0.2) is 13.2 Å². The Labute approximate surface area is 125 Å². The van der Waals surface area contributed by atoms with Crippen LogP contribution in [-0.2, 0) is 24.2 Å². The van der Waals surface area contributed by atoms with Crippen LogP contribution in [0.1, 0.15) is 20.7 Å². The van der Waals surface area contributed by atoms with Gasteiger partial charge >= 0.3 is 5.97 Å². The lowest BCUT2D eigenvalue weighted by Crippen LogP contribution is -2.63. The van der Waals surface area contributed by atoms with E-state index in [9.17, 15) is 22.8 Å². The van der Waals surface area contributed by atoms with Crippen molar-refractivity contribution in [2.75, 3.05) is 18.6 Å². The highest BCUT2D eigenvalue weighted by Crippen LogP contribution is 2.30. The van der Waals surface area contributed by atoms with Crippen molar-refractivity contribution in [3.63, 3.8) is 0 Å². The third-order valence-corrected chi connectivity index (χ3v) is 5.41. The minimum Gasteiger partial charge on any atom is -0.364 e. The number of sulfone groups is 1. The van der Waals surface area contributed by atoms with E-state index >= 15 is 0 Å². The minimum absolute atomic E-state index is 0.119. The van der Waals surface area contributed by atoms with E-state index in [0.717, 1.165) is 7.11 Å². The molecule has 1 aromatic rings. The average Bonchev–Trinajstić information content (AvgIpc) is 2.70. The van der Waals surface area contributed by atoms with Crippen LogP contribution in [0.5, 0.6) is 0 Å². The summed E-state index contributed by atoms with van der Waals surface area (Å²) in [5, 5.41) is 0.332. The number of carbonyl (C=O) groups excluding carboxylic acids is 3. The van der Waals surface area contributed by atoms with E-state index < -0.39 is 44.7 Å². The number of ether oxygens (including phenoxy) is 1. The van der Waals surface area contributed by atoms with Crippen LogP contribution in [0.15, 0.2) is 24.3 Å². The molecule has 0 aromatic heterocycles. The van der Waals surface area contributed by atoms with Crippen LogP contribution in [-0.4, -0.2) is 55.5 Å². The molecule has 0 spiro atoms. The second-order valence-electron chi connectivity index (χ2n) is 5.06. The SMILES string of the molecule is COC1(C(=O)ON2C(=O)c3ccccc3C2=O)CS(=O)(=O)C1. The summed E-state index contributed by atoms with van der Waals surface area (Å²) in [6.07, 6.45) is 0. The molecule has 1 saturated heterocycles. The van der Waals surface area contributed by atoms with Gasteiger partial charge in [-0.3, -0.25) is 9.59 Å². The smallest absolute Gasteiger partial charge is 0.364 e. The van der Waals surface area contributed by atoms with E-state index in [4.69, 9.17) is 9.57 Å². The zero-order valence-corrected chi connectivity index (χ0v) is 12.3. The zero-order chi connectivity index (χ0) is 16.1. The lowest BCUT2D eigenvalue weighted by Gasteiger charge is -2.36. The van der Waals surface area contributed by atoms with Crippen molar-refractivity contribution in [2.45, 2.75) is 5.60 Å². The average molecular weight is 325 g/mol. The normalized spacial score (nSPS) is 21.2. The second-order valence-corrected chi connectivity index (χ2v) is 7.12. The van der Waals surface area contributed by atoms with E-state index in [1.165, 1.54) is 12.1 Å². The Hall–Kier alpha value is -2.26. The van der Waals surface area contributed by atoms with Gasteiger partial charge in [0, 0.05) is 7.11 Å². The molecule has 1 aromatic carbocycles. The van der Waals surface area contributed by atoms with Crippen LogP contribution in [0.2, 0.25) is 0 Å². The zero-order valence-electron chi connectivity index (χ0n) is 11.4. The number of rotatable bonds is 3. The van der Waals surface area contributed by atoms with Crippen LogP contribution < -0.4 is 0 Å². The molecule has 8 nitrogen and oxygen atoms in total. The maximum absolute atomic E-state index is 12.1. The summed E-state index contributed by atoms with van der Waals surface area (Å²) in [6, 6.07) is 6.02. The summed E-state index contributed by atoms with van der Waals surface area (Å²) in [7, 11) is -2.21. The first kappa shape index (κ1) is 14.7. The Morgan fingerprint density at radius 2 is 1.64 bits per heavy atom. The van der Waals surface area contributed by atoms with Gasteiger partial charge in [0.1, 0.15) is 0 Å². The molecule has 0 N–H and O–H groups in total. The summed E-state index contributed by atoms with van der Waals surface area (Å²) in [5.74, 6) is -3.72. The topological polar surface area (TPSA) is 107 Å². The fourth-order valence-corrected chi connectivity index (χ4v) is 4.21. The third kappa shape index (κ3) is 2.01. The van der Waals surface area contributed by atoms with Gasteiger partial charge in [0.05, 0.1) is 22.6 Å². The Kier molecular flexibility index (Phi) is 3.08. The molecule has 2 heterocycles. The van der Waals surface area contributed by atoms with Crippen molar-refractivity contribution < 1.29 is 32.4 Å². The number of hydroxylamine groups is 2. The number of carbonyl (C=O) groups is 3. The van der Waals surface area contributed by atoms with E-state index in [-0.39, 0.29) is 11.1 Å². The van der Waals surface area contributed by atoms with E-state index in [1.807, 2.05) is 0 Å². The summed E-state index contributed by atoms with van der Waals surface area (Å²) in [4.78, 5) is 41.0. The Morgan fingerprint density at radius 3 is 2.05 bits per heavy atom. The Bertz CT molecular complexity index is 751. The first-order valence-corrected chi connectivity index (χ1v) is 8.08. The quantitative estimate of drug-likeness (QED) is 0.693. The molecular formula is C13H11NO7S. The fourth-order valence-electron chi connectivity index (χ4n) is 2.40. The van der Waals surface area contributed by atoms with E-state index in [2.05, 4.69) is 0 Å². The largest absolute Gasteiger partial charge is 0.366 e. The molecule has 0 unspecified atom stereocenters. The van der Waals surface area contributed by atoms with Crippen molar-refractivity contribution in [3.8, 4) is 0 Å². The van der Waals surface area contributed by atoms with Crippen molar-refractivity contribution in [1.82, 2.24) is 5.06 Å². The van der Waals surface area contributed by atoms with Crippen molar-refractivity contribution in [1.29, 1.82) is 0 Å². The van der Waals surface area contributed by atoms with Crippen molar-refractivity contribution in [2.24, 2.45) is 0 Å². The molecule has 116 valence electrons. The van der Waals surface area contributed by atoms with E-state index in [0.29, 0.717) is 5.06 Å². The van der Waals surface area contributed by atoms with Gasteiger partial charge < -0.3 is 9.57 Å². The molecule has 0 saturated carbocycles. The van der Waals surface area contributed by atoms with Crippen LogP contribution in [0.3, 0.4) is 0 Å². The number of fused-ring (bicyclic) bond motifs is 1. The third-order valence-electron chi connectivity index (χ3n) is 3.60. The first-order chi connectivity index (χ1) is 10.3. The monoisotopic (exact) mass is 325 g/mol. The number of amides is 2. The van der Waals surface area contributed by atoms with Gasteiger partial charge in [0.2, 0.25) is 0 Å². The second kappa shape index (κ2) is 4.62. The highest BCUT2D eigenvalue weighted by Gasteiger charge is 2.58.